The minimum Gasteiger partial charge on any atom is -0.356 e. The summed E-state index contributed by atoms with van der Waals surface area (Å²) in [6.07, 6.45) is 1.67. The summed E-state index contributed by atoms with van der Waals surface area (Å²) in [5.74, 6) is -0.288. The number of aromatic amines is 1. The molecule has 2 aliphatic rings. The largest absolute Gasteiger partial charge is 0.356 e. The lowest BCUT2D eigenvalue weighted by atomic mass is 9.82. The first kappa shape index (κ1) is 15.4. The maximum atomic E-state index is 13.2. The fourth-order valence-corrected chi connectivity index (χ4v) is 4.52. The Hall–Kier alpha value is -2.82. The van der Waals surface area contributed by atoms with Gasteiger partial charge in [0.25, 0.3) is 0 Å². The number of benzene rings is 2. The lowest BCUT2D eigenvalue weighted by molar-refractivity contribution is 0.0939. The second-order valence-electron chi connectivity index (χ2n) is 7.36. The number of rotatable bonds is 1. The van der Waals surface area contributed by atoms with Crippen LogP contribution in [0.4, 0.5) is 14.9 Å². The third-order valence-electron chi connectivity index (χ3n) is 5.96. The highest BCUT2D eigenvalue weighted by Gasteiger charge is 2.48. The minimum atomic E-state index is -0.333. The van der Waals surface area contributed by atoms with Gasteiger partial charge in [0.1, 0.15) is 5.82 Å². The summed E-state index contributed by atoms with van der Waals surface area (Å²) in [5.41, 5.74) is 4.05. The summed E-state index contributed by atoms with van der Waals surface area (Å²) in [5, 5.41) is 1.26. The standard InChI is InChI=1S/C21H20FN3O/c1-21-11-13-24(15-8-6-14(22)7-9-15)20(26)25(21)12-10-17-16-4-2-3-5-18(16)23-19(17)21/h2-9,23H,10-13H2,1H3/t21-/m1/s1. The fraction of sp³-hybridized carbons (Fsp3) is 0.286. The van der Waals surface area contributed by atoms with E-state index >= 15 is 0 Å². The maximum absolute atomic E-state index is 13.2. The zero-order valence-electron chi connectivity index (χ0n) is 14.6. The van der Waals surface area contributed by atoms with Crippen molar-refractivity contribution >= 4 is 22.6 Å². The summed E-state index contributed by atoms with van der Waals surface area (Å²) in [4.78, 5) is 20.5. The number of carbonyl (C=O) groups is 1. The molecular formula is C21H20FN3O. The number of halogens is 1. The first-order chi connectivity index (χ1) is 12.6. The Morgan fingerprint density at radius 1 is 1.08 bits per heavy atom. The number of fused-ring (bicyclic) bond motifs is 5. The van der Waals surface area contributed by atoms with Gasteiger partial charge in [-0.3, -0.25) is 4.90 Å². The first-order valence-electron chi connectivity index (χ1n) is 9.03. The van der Waals surface area contributed by atoms with Crippen molar-refractivity contribution in [3.05, 3.63) is 65.6 Å². The van der Waals surface area contributed by atoms with E-state index in [0.717, 1.165) is 29.7 Å². The molecule has 0 radical (unpaired) electrons. The van der Waals surface area contributed by atoms with Gasteiger partial charge in [-0.05, 0) is 55.7 Å². The molecule has 1 fully saturated rings. The Morgan fingerprint density at radius 2 is 1.85 bits per heavy atom. The molecule has 1 N–H and O–H groups in total. The first-order valence-corrected chi connectivity index (χ1v) is 9.03. The molecule has 1 atom stereocenters. The Kier molecular flexibility index (Phi) is 3.17. The topological polar surface area (TPSA) is 39.3 Å². The molecular weight excluding hydrogens is 329 g/mol. The van der Waals surface area contributed by atoms with Gasteiger partial charge in [0.05, 0.1) is 5.54 Å². The Morgan fingerprint density at radius 3 is 2.65 bits per heavy atom. The average molecular weight is 349 g/mol. The second-order valence-corrected chi connectivity index (χ2v) is 7.36. The molecule has 4 nitrogen and oxygen atoms in total. The van der Waals surface area contributed by atoms with E-state index in [0.29, 0.717) is 13.1 Å². The number of nitrogens with zero attached hydrogens (tertiary/aromatic N) is 2. The Bertz CT molecular complexity index is 1010. The van der Waals surface area contributed by atoms with Crippen molar-refractivity contribution in [3.8, 4) is 0 Å². The van der Waals surface area contributed by atoms with E-state index in [1.54, 1.807) is 17.0 Å². The molecule has 132 valence electrons. The van der Waals surface area contributed by atoms with Gasteiger partial charge >= 0.3 is 6.03 Å². The van der Waals surface area contributed by atoms with Gasteiger partial charge in [0.2, 0.25) is 0 Å². The summed E-state index contributed by atoms with van der Waals surface area (Å²) >= 11 is 0. The number of nitrogens with one attached hydrogen (secondary N) is 1. The minimum absolute atomic E-state index is 0.00494. The molecule has 1 aromatic heterocycles. The van der Waals surface area contributed by atoms with Crippen molar-refractivity contribution < 1.29 is 9.18 Å². The van der Waals surface area contributed by atoms with Gasteiger partial charge in [0.15, 0.2) is 0 Å². The zero-order chi connectivity index (χ0) is 17.9. The number of carbonyl (C=O) groups excluding carboxylic acids is 1. The molecule has 5 rings (SSSR count). The maximum Gasteiger partial charge on any atom is 0.325 e. The number of para-hydroxylation sites is 1. The highest BCUT2D eigenvalue weighted by molar-refractivity contribution is 5.94. The van der Waals surface area contributed by atoms with Gasteiger partial charge in [-0.2, -0.15) is 0 Å². The molecule has 2 aliphatic heterocycles. The van der Waals surface area contributed by atoms with Gasteiger partial charge in [-0.1, -0.05) is 18.2 Å². The molecule has 0 unspecified atom stereocenters. The van der Waals surface area contributed by atoms with Crippen molar-refractivity contribution in [1.29, 1.82) is 0 Å². The smallest absolute Gasteiger partial charge is 0.325 e. The van der Waals surface area contributed by atoms with Crippen LogP contribution in [0.2, 0.25) is 0 Å². The van der Waals surface area contributed by atoms with Crippen LogP contribution in [0.1, 0.15) is 24.6 Å². The van der Waals surface area contributed by atoms with E-state index in [1.165, 1.54) is 23.1 Å². The fourth-order valence-electron chi connectivity index (χ4n) is 4.52. The Labute approximate surface area is 151 Å². The van der Waals surface area contributed by atoms with E-state index < -0.39 is 0 Å². The van der Waals surface area contributed by atoms with Crippen molar-refractivity contribution in [2.45, 2.75) is 25.3 Å². The molecule has 2 aromatic carbocycles. The predicted molar refractivity (Wildman–Crippen MR) is 99.8 cm³/mol. The van der Waals surface area contributed by atoms with Gasteiger partial charge < -0.3 is 9.88 Å². The van der Waals surface area contributed by atoms with Crippen LogP contribution in [0, 0.1) is 5.82 Å². The quantitative estimate of drug-likeness (QED) is 0.694. The molecule has 0 bridgehead atoms. The van der Waals surface area contributed by atoms with E-state index in [4.69, 9.17) is 0 Å². The predicted octanol–water partition coefficient (Wildman–Crippen LogP) is 4.41. The average Bonchev–Trinajstić information content (AvgIpc) is 3.03. The van der Waals surface area contributed by atoms with Crippen molar-refractivity contribution in [3.63, 3.8) is 0 Å². The number of H-pyrrole nitrogens is 1. The van der Waals surface area contributed by atoms with E-state index in [1.807, 2.05) is 11.0 Å². The van der Waals surface area contributed by atoms with Crippen molar-refractivity contribution in [1.82, 2.24) is 9.88 Å². The molecule has 2 amide bonds. The molecule has 1 saturated heterocycles. The third-order valence-corrected chi connectivity index (χ3v) is 5.96. The molecule has 3 aromatic rings. The number of amides is 2. The third kappa shape index (κ3) is 2.03. The van der Waals surface area contributed by atoms with Gasteiger partial charge in [-0.15, -0.1) is 0 Å². The Balaban J connectivity index is 1.55. The molecule has 26 heavy (non-hydrogen) atoms. The van der Waals surface area contributed by atoms with E-state index in [2.05, 4.69) is 30.1 Å². The summed E-state index contributed by atoms with van der Waals surface area (Å²) in [6.45, 7) is 3.47. The van der Waals surface area contributed by atoms with Crippen LogP contribution in [0.25, 0.3) is 10.9 Å². The lowest BCUT2D eigenvalue weighted by Gasteiger charge is -2.50. The van der Waals surface area contributed by atoms with Crippen LogP contribution in [0.15, 0.2) is 48.5 Å². The summed E-state index contributed by atoms with van der Waals surface area (Å²) in [7, 11) is 0. The van der Waals surface area contributed by atoms with Gasteiger partial charge in [0, 0.05) is 35.4 Å². The normalized spacial score (nSPS) is 22.5. The highest BCUT2D eigenvalue weighted by Crippen LogP contribution is 2.44. The number of aromatic nitrogens is 1. The van der Waals surface area contributed by atoms with Gasteiger partial charge in [-0.25, -0.2) is 9.18 Å². The van der Waals surface area contributed by atoms with E-state index in [9.17, 15) is 9.18 Å². The second kappa shape index (κ2) is 5.34. The molecule has 5 heteroatoms. The van der Waals surface area contributed by atoms with Crippen LogP contribution in [-0.4, -0.2) is 29.0 Å². The molecule has 0 spiro atoms. The molecule has 3 heterocycles. The number of anilines is 1. The van der Waals surface area contributed by atoms with Crippen LogP contribution >= 0.6 is 0 Å². The van der Waals surface area contributed by atoms with Crippen molar-refractivity contribution in [2.24, 2.45) is 0 Å². The van der Waals surface area contributed by atoms with Crippen LogP contribution in [0.3, 0.4) is 0 Å². The summed E-state index contributed by atoms with van der Waals surface area (Å²) < 4.78 is 13.2. The number of hydrogen-bond acceptors (Lipinski definition) is 1. The van der Waals surface area contributed by atoms with Crippen LogP contribution in [0.5, 0.6) is 0 Å². The molecule has 0 saturated carbocycles. The molecule has 0 aliphatic carbocycles. The SMILES string of the molecule is C[C@]12CCN(c3ccc(F)cc3)C(=O)N1CCc1c2[nH]c2ccccc12. The van der Waals surface area contributed by atoms with Crippen LogP contribution in [-0.2, 0) is 12.0 Å². The number of hydrogen-bond donors (Lipinski definition) is 1. The summed E-state index contributed by atoms with van der Waals surface area (Å²) in [6, 6.07) is 14.5. The zero-order valence-corrected chi connectivity index (χ0v) is 14.6. The lowest BCUT2D eigenvalue weighted by Crippen LogP contribution is -2.61. The van der Waals surface area contributed by atoms with Crippen molar-refractivity contribution in [2.75, 3.05) is 18.0 Å². The number of urea groups is 1. The monoisotopic (exact) mass is 349 g/mol. The van der Waals surface area contributed by atoms with E-state index in [-0.39, 0.29) is 17.4 Å². The van der Waals surface area contributed by atoms with Crippen LogP contribution < -0.4 is 4.90 Å². The highest BCUT2D eigenvalue weighted by atomic mass is 19.1.